The molecule has 0 spiro atoms. The molecule has 2 rings (SSSR count). The zero-order valence-corrected chi connectivity index (χ0v) is 11.4. The van der Waals surface area contributed by atoms with Gasteiger partial charge in [0.15, 0.2) is 0 Å². The standard InChI is InChI=1S/C14H24O5/c1-2-6-16-10-11-19-13-4-3-7-18-14(13)12-17-9-8-15-5-1/h1-2,13-14H,3-12H2/b2-1+/t13-,14+/m0/s1. The molecule has 5 heteroatoms. The Labute approximate surface area is 114 Å². The van der Waals surface area contributed by atoms with Gasteiger partial charge in [-0.3, -0.25) is 0 Å². The molecule has 2 aliphatic heterocycles. The van der Waals surface area contributed by atoms with Gasteiger partial charge in [0.2, 0.25) is 0 Å². The summed E-state index contributed by atoms with van der Waals surface area (Å²) in [5.74, 6) is 0. The predicted molar refractivity (Wildman–Crippen MR) is 70.3 cm³/mol. The minimum absolute atomic E-state index is 0.0389. The molecule has 0 bridgehead atoms. The van der Waals surface area contributed by atoms with Crippen LogP contribution in [0.5, 0.6) is 0 Å². The van der Waals surface area contributed by atoms with Crippen LogP contribution in [-0.2, 0) is 23.7 Å². The van der Waals surface area contributed by atoms with Crippen molar-refractivity contribution in [2.75, 3.05) is 52.9 Å². The summed E-state index contributed by atoms with van der Waals surface area (Å²) in [6, 6.07) is 0. The van der Waals surface area contributed by atoms with E-state index in [2.05, 4.69) is 0 Å². The highest BCUT2D eigenvalue weighted by Gasteiger charge is 2.26. The van der Waals surface area contributed by atoms with Crippen molar-refractivity contribution in [2.45, 2.75) is 25.0 Å². The predicted octanol–water partition coefficient (Wildman–Crippen LogP) is 1.17. The molecule has 2 heterocycles. The molecule has 0 radical (unpaired) electrons. The van der Waals surface area contributed by atoms with E-state index in [1.165, 1.54) is 0 Å². The lowest BCUT2D eigenvalue weighted by Crippen LogP contribution is -2.40. The average molecular weight is 272 g/mol. The fourth-order valence-corrected chi connectivity index (χ4v) is 2.17. The summed E-state index contributed by atoms with van der Waals surface area (Å²) in [6.45, 7) is 4.99. The monoisotopic (exact) mass is 272 g/mol. The van der Waals surface area contributed by atoms with Crippen molar-refractivity contribution in [3.8, 4) is 0 Å². The van der Waals surface area contributed by atoms with Crippen molar-refractivity contribution in [1.82, 2.24) is 0 Å². The van der Waals surface area contributed by atoms with Gasteiger partial charge in [0, 0.05) is 6.61 Å². The molecule has 2 aliphatic rings. The highest BCUT2D eigenvalue weighted by atomic mass is 16.6. The number of hydrogen-bond acceptors (Lipinski definition) is 5. The third-order valence-corrected chi connectivity index (χ3v) is 3.19. The van der Waals surface area contributed by atoms with Crippen LogP contribution in [0.2, 0.25) is 0 Å². The van der Waals surface area contributed by atoms with E-state index < -0.39 is 0 Å². The van der Waals surface area contributed by atoms with Gasteiger partial charge in [-0.25, -0.2) is 0 Å². The largest absolute Gasteiger partial charge is 0.376 e. The van der Waals surface area contributed by atoms with Gasteiger partial charge >= 0.3 is 0 Å². The van der Waals surface area contributed by atoms with Gasteiger partial charge in [-0.15, -0.1) is 0 Å². The summed E-state index contributed by atoms with van der Waals surface area (Å²) in [5, 5.41) is 0. The smallest absolute Gasteiger partial charge is 0.107 e. The normalized spacial score (nSPS) is 33.7. The second kappa shape index (κ2) is 9.44. The molecule has 0 N–H and O–H groups in total. The van der Waals surface area contributed by atoms with Crippen molar-refractivity contribution < 1.29 is 23.7 Å². The van der Waals surface area contributed by atoms with Crippen LogP contribution >= 0.6 is 0 Å². The lowest BCUT2D eigenvalue weighted by atomic mass is 10.1. The van der Waals surface area contributed by atoms with E-state index in [1.807, 2.05) is 12.2 Å². The second-order valence-electron chi connectivity index (χ2n) is 4.66. The third-order valence-electron chi connectivity index (χ3n) is 3.19. The maximum Gasteiger partial charge on any atom is 0.107 e. The Kier molecular flexibility index (Phi) is 7.43. The summed E-state index contributed by atoms with van der Waals surface area (Å²) in [7, 11) is 0. The van der Waals surface area contributed by atoms with Gasteiger partial charge in [-0.2, -0.15) is 0 Å². The molecule has 5 nitrogen and oxygen atoms in total. The van der Waals surface area contributed by atoms with Crippen molar-refractivity contribution in [1.29, 1.82) is 0 Å². The molecule has 0 amide bonds. The lowest BCUT2D eigenvalue weighted by Gasteiger charge is -2.31. The Bertz CT molecular complexity index is 256. The van der Waals surface area contributed by atoms with Crippen LogP contribution in [0.25, 0.3) is 0 Å². The quantitative estimate of drug-likeness (QED) is 0.619. The highest BCUT2D eigenvalue weighted by Crippen LogP contribution is 2.17. The molecule has 0 aliphatic carbocycles. The molecule has 0 aromatic heterocycles. The first-order valence-electron chi connectivity index (χ1n) is 7.08. The minimum atomic E-state index is 0.0389. The maximum atomic E-state index is 5.84. The van der Waals surface area contributed by atoms with Crippen molar-refractivity contribution in [3.63, 3.8) is 0 Å². The Morgan fingerprint density at radius 1 is 0.684 bits per heavy atom. The van der Waals surface area contributed by atoms with Crippen LogP contribution < -0.4 is 0 Å². The van der Waals surface area contributed by atoms with Crippen LogP contribution in [0.1, 0.15) is 12.8 Å². The fraction of sp³-hybridized carbons (Fsp3) is 0.857. The molecule has 0 saturated carbocycles. The second-order valence-corrected chi connectivity index (χ2v) is 4.66. The number of ether oxygens (including phenoxy) is 5. The molecule has 2 atom stereocenters. The van der Waals surface area contributed by atoms with Gasteiger partial charge < -0.3 is 23.7 Å². The Hall–Kier alpha value is -0.460. The molecule has 1 fully saturated rings. The number of hydrogen-bond donors (Lipinski definition) is 0. The molecule has 1 saturated heterocycles. The van der Waals surface area contributed by atoms with E-state index in [-0.39, 0.29) is 12.2 Å². The van der Waals surface area contributed by atoms with E-state index in [0.29, 0.717) is 46.2 Å². The van der Waals surface area contributed by atoms with E-state index in [4.69, 9.17) is 23.7 Å². The highest BCUT2D eigenvalue weighted by molar-refractivity contribution is 4.81. The third kappa shape index (κ3) is 6.01. The summed E-state index contributed by atoms with van der Waals surface area (Å²) in [6.07, 6.45) is 6.17. The Morgan fingerprint density at radius 3 is 2.21 bits per heavy atom. The molecule has 0 aromatic carbocycles. The summed E-state index contributed by atoms with van der Waals surface area (Å²) >= 11 is 0. The summed E-state index contributed by atoms with van der Waals surface area (Å²) < 4.78 is 28.0. The lowest BCUT2D eigenvalue weighted by molar-refractivity contribution is -0.137. The zero-order valence-electron chi connectivity index (χ0n) is 11.4. The first kappa shape index (κ1) is 14.9. The molecule has 19 heavy (non-hydrogen) atoms. The Balaban J connectivity index is 1.77. The van der Waals surface area contributed by atoms with E-state index in [1.54, 1.807) is 0 Å². The summed E-state index contributed by atoms with van der Waals surface area (Å²) in [4.78, 5) is 0. The van der Waals surface area contributed by atoms with Gasteiger partial charge in [0.25, 0.3) is 0 Å². The number of rotatable bonds is 0. The molecule has 0 unspecified atom stereocenters. The summed E-state index contributed by atoms with van der Waals surface area (Å²) in [5.41, 5.74) is 0. The molecule has 0 aromatic rings. The zero-order chi connectivity index (χ0) is 13.2. The van der Waals surface area contributed by atoms with Crippen LogP contribution in [-0.4, -0.2) is 65.1 Å². The minimum Gasteiger partial charge on any atom is -0.376 e. The number of fused-ring (bicyclic) bond motifs is 1. The first-order valence-corrected chi connectivity index (χ1v) is 7.08. The first-order chi connectivity index (χ1) is 9.47. The topological polar surface area (TPSA) is 46.2 Å². The van der Waals surface area contributed by atoms with Crippen LogP contribution in [0, 0.1) is 0 Å². The van der Waals surface area contributed by atoms with Gasteiger partial charge in [-0.05, 0) is 12.8 Å². The van der Waals surface area contributed by atoms with Gasteiger partial charge in [-0.1, -0.05) is 12.2 Å². The van der Waals surface area contributed by atoms with Gasteiger partial charge in [0.05, 0.1) is 52.4 Å². The van der Waals surface area contributed by atoms with Crippen molar-refractivity contribution in [3.05, 3.63) is 12.2 Å². The van der Waals surface area contributed by atoms with Crippen molar-refractivity contribution in [2.24, 2.45) is 0 Å². The van der Waals surface area contributed by atoms with E-state index in [9.17, 15) is 0 Å². The van der Waals surface area contributed by atoms with E-state index >= 15 is 0 Å². The van der Waals surface area contributed by atoms with Crippen LogP contribution in [0.15, 0.2) is 12.2 Å². The molecular weight excluding hydrogens is 248 g/mol. The van der Waals surface area contributed by atoms with Crippen LogP contribution in [0.3, 0.4) is 0 Å². The molecular formula is C14H24O5. The Morgan fingerprint density at radius 2 is 1.37 bits per heavy atom. The SMILES string of the molecule is C1=C/COCCO[C@H]2CCCO[C@@H]2COCCOC/1. The van der Waals surface area contributed by atoms with Crippen molar-refractivity contribution >= 4 is 0 Å². The average Bonchev–Trinajstić information content (AvgIpc) is 2.45. The fourth-order valence-electron chi connectivity index (χ4n) is 2.17. The molecule has 110 valence electrons. The van der Waals surface area contributed by atoms with Gasteiger partial charge in [0.1, 0.15) is 6.10 Å². The van der Waals surface area contributed by atoms with E-state index in [0.717, 1.165) is 19.4 Å². The van der Waals surface area contributed by atoms with Crippen LogP contribution in [0.4, 0.5) is 0 Å². The maximum absolute atomic E-state index is 5.84.